The molecule has 1 heterocycles. The van der Waals surface area contributed by atoms with Crippen molar-refractivity contribution in [3.8, 4) is 5.75 Å². The molecule has 0 aromatic heterocycles. The number of likely N-dealkylation sites (tertiary alicyclic amines) is 1. The summed E-state index contributed by atoms with van der Waals surface area (Å²) in [6.45, 7) is 6.83. The first-order chi connectivity index (χ1) is 10.7. The molecule has 0 spiro atoms. The van der Waals surface area contributed by atoms with Crippen molar-refractivity contribution in [2.75, 3.05) is 19.7 Å². The summed E-state index contributed by atoms with van der Waals surface area (Å²) in [6.07, 6.45) is 1.36. The maximum absolute atomic E-state index is 13.5. The highest BCUT2D eigenvalue weighted by molar-refractivity contribution is 5.68. The number of rotatable bonds is 3. The minimum atomic E-state index is -0.591. The molecule has 1 aromatic carbocycles. The topological polar surface area (TPSA) is 38.8 Å². The lowest BCUT2D eigenvalue weighted by Gasteiger charge is -2.34. The van der Waals surface area contributed by atoms with Gasteiger partial charge in [0.05, 0.1) is 6.61 Å². The van der Waals surface area contributed by atoms with Gasteiger partial charge in [-0.05, 0) is 45.7 Å². The Bertz CT molecular complexity index is 557. The number of hydrogen-bond acceptors (Lipinski definition) is 3. The zero-order valence-electron chi connectivity index (χ0n) is 13.8. The van der Waals surface area contributed by atoms with E-state index in [1.807, 2.05) is 20.8 Å². The minimum Gasteiger partial charge on any atom is -0.490 e. The highest BCUT2D eigenvalue weighted by atomic mass is 19.1. The van der Waals surface area contributed by atoms with E-state index in [1.165, 1.54) is 0 Å². The lowest BCUT2D eigenvalue weighted by molar-refractivity contribution is 0.0138. The fourth-order valence-corrected chi connectivity index (χ4v) is 2.49. The fourth-order valence-electron chi connectivity index (χ4n) is 2.49. The van der Waals surface area contributed by atoms with Gasteiger partial charge in [-0.1, -0.05) is 0 Å². The number of piperidine rings is 1. The van der Waals surface area contributed by atoms with E-state index in [2.05, 4.69) is 0 Å². The van der Waals surface area contributed by atoms with Crippen molar-refractivity contribution in [1.82, 2.24) is 4.90 Å². The average Bonchev–Trinajstić information content (AvgIpc) is 2.47. The van der Waals surface area contributed by atoms with Crippen molar-refractivity contribution < 1.29 is 23.0 Å². The molecule has 0 saturated carbocycles. The molecule has 1 aliphatic heterocycles. The molecule has 0 aliphatic carbocycles. The van der Waals surface area contributed by atoms with Gasteiger partial charge >= 0.3 is 6.09 Å². The molecule has 1 atom stereocenters. The van der Waals surface area contributed by atoms with Crippen molar-refractivity contribution in [2.24, 2.45) is 5.92 Å². The molecule has 0 bridgehead atoms. The number of benzene rings is 1. The molecule has 2 rings (SSSR count). The average molecular weight is 327 g/mol. The Hall–Kier alpha value is -1.85. The molecule has 23 heavy (non-hydrogen) atoms. The molecular weight excluding hydrogens is 304 g/mol. The van der Waals surface area contributed by atoms with Crippen LogP contribution in [0.5, 0.6) is 5.75 Å². The Morgan fingerprint density at radius 3 is 2.78 bits per heavy atom. The highest BCUT2D eigenvalue weighted by Crippen LogP contribution is 2.23. The molecule has 6 heteroatoms. The molecule has 4 nitrogen and oxygen atoms in total. The Morgan fingerprint density at radius 1 is 1.35 bits per heavy atom. The van der Waals surface area contributed by atoms with Crippen LogP contribution in [-0.2, 0) is 4.74 Å². The summed E-state index contributed by atoms with van der Waals surface area (Å²) in [6, 6.07) is 3.12. The van der Waals surface area contributed by atoms with Gasteiger partial charge in [-0.2, -0.15) is 0 Å². The Balaban J connectivity index is 1.89. The molecule has 0 N–H and O–H groups in total. The third-order valence-corrected chi connectivity index (χ3v) is 3.54. The van der Waals surface area contributed by atoms with Crippen LogP contribution in [0.4, 0.5) is 13.6 Å². The third kappa shape index (κ3) is 5.37. The van der Waals surface area contributed by atoms with E-state index in [0.29, 0.717) is 13.1 Å². The molecule has 1 fully saturated rings. The van der Waals surface area contributed by atoms with Gasteiger partial charge < -0.3 is 14.4 Å². The number of ether oxygens (including phenoxy) is 2. The van der Waals surface area contributed by atoms with E-state index >= 15 is 0 Å². The molecule has 1 saturated heterocycles. The smallest absolute Gasteiger partial charge is 0.410 e. The molecule has 128 valence electrons. The third-order valence-electron chi connectivity index (χ3n) is 3.54. The highest BCUT2D eigenvalue weighted by Gasteiger charge is 2.28. The van der Waals surface area contributed by atoms with Crippen LogP contribution in [0.1, 0.15) is 33.6 Å². The normalized spacial score (nSPS) is 18.7. The minimum absolute atomic E-state index is 0.0685. The van der Waals surface area contributed by atoms with E-state index in [-0.39, 0.29) is 24.4 Å². The van der Waals surface area contributed by atoms with E-state index in [9.17, 15) is 13.6 Å². The maximum Gasteiger partial charge on any atom is 0.410 e. The van der Waals surface area contributed by atoms with Crippen LogP contribution >= 0.6 is 0 Å². The molecule has 0 radical (unpaired) electrons. The molecule has 1 amide bonds. The van der Waals surface area contributed by atoms with Crippen LogP contribution in [0.25, 0.3) is 0 Å². The van der Waals surface area contributed by atoms with Crippen molar-refractivity contribution >= 4 is 6.09 Å². The molecular formula is C17H23F2NO3. The van der Waals surface area contributed by atoms with Crippen LogP contribution in [0, 0.1) is 17.6 Å². The lowest BCUT2D eigenvalue weighted by Crippen LogP contribution is -2.44. The first-order valence-electron chi connectivity index (χ1n) is 7.80. The second-order valence-corrected chi connectivity index (χ2v) is 6.82. The monoisotopic (exact) mass is 327 g/mol. The molecule has 1 unspecified atom stereocenters. The predicted molar refractivity (Wildman–Crippen MR) is 82.4 cm³/mol. The van der Waals surface area contributed by atoms with Gasteiger partial charge in [0.15, 0.2) is 11.6 Å². The summed E-state index contributed by atoms with van der Waals surface area (Å²) < 4.78 is 37.4. The van der Waals surface area contributed by atoms with E-state index < -0.39 is 17.2 Å². The molecule has 1 aliphatic rings. The van der Waals surface area contributed by atoms with Crippen LogP contribution in [-0.4, -0.2) is 36.3 Å². The second-order valence-electron chi connectivity index (χ2n) is 6.82. The number of halogens is 2. The van der Waals surface area contributed by atoms with E-state index in [4.69, 9.17) is 9.47 Å². The Kier molecular flexibility index (Phi) is 5.44. The summed E-state index contributed by atoms with van der Waals surface area (Å²) in [5.74, 6) is -1.16. The fraction of sp³-hybridized carbons (Fsp3) is 0.588. The zero-order chi connectivity index (χ0) is 17.0. The van der Waals surface area contributed by atoms with Crippen LogP contribution in [0.15, 0.2) is 18.2 Å². The summed E-state index contributed by atoms with van der Waals surface area (Å²) in [5, 5.41) is 0. The van der Waals surface area contributed by atoms with Gasteiger partial charge in [0.2, 0.25) is 0 Å². The van der Waals surface area contributed by atoms with Crippen LogP contribution < -0.4 is 4.74 Å². The summed E-state index contributed by atoms with van der Waals surface area (Å²) in [4.78, 5) is 13.7. The zero-order valence-corrected chi connectivity index (χ0v) is 13.8. The van der Waals surface area contributed by atoms with Gasteiger partial charge in [-0.15, -0.1) is 0 Å². The SMILES string of the molecule is CC(C)(C)OC(=O)N1CCCC(COc2cc(F)ccc2F)C1. The second kappa shape index (κ2) is 7.15. The standard InChI is InChI=1S/C17H23F2NO3/c1-17(2,3)23-16(21)20-8-4-5-12(10-20)11-22-15-9-13(18)6-7-14(15)19/h6-7,9,12H,4-5,8,10-11H2,1-3H3. The van der Waals surface area contributed by atoms with Gasteiger partial charge in [-0.3, -0.25) is 0 Å². The number of carbonyl (C=O) groups is 1. The largest absolute Gasteiger partial charge is 0.490 e. The quantitative estimate of drug-likeness (QED) is 0.842. The lowest BCUT2D eigenvalue weighted by atomic mass is 9.99. The van der Waals surface area contributed by atoms with Crippen molar-refractivity contribution in [3.63, 3.8) is 0 Å². The van der Waals surface area contributed by atoms with Crippen LogP contribution in [0.3, 0.4) is 0 Å². The Morgan fingerprint density at radius 2 is 2.09 bits per heavy atom. The Labute approximate surface area is 135 Å². The first-order valence-corrected chi connectivity index (χ1v) is 7.80. The summed E-state index contributed by atoms with van der Waals surface area (Å²) >= 11 is 0. The van der Waals surface area contributed by atoms with Gasteiger partial charge in [0.25, 0.3) is 0 Å². The van der Waals surface area contributed by atoms with Gasteiger partial charge in [-0.25, -0.2) is 13.6 Å². The van der Waals surface area contributed by atoms with Crippen LogP contribution in [0.2, 0.25) is 0 Å². The summed E-state index contributed by atoms with van der Waals surface area (Å²) in [7, 11) is 0. The number of amides is 1. The van der Waals surface area contributed by atoms with Crippen molar-refractivity contribution in [3.05, 3.63) is 29.8 Å². The number of nitrogens with zero attached hydrogens (tertiary/aromatic N) is 1. The number of carbonyl (C=O) groups excluding carboxylic acids is 1. The first kappa shape index (κ1) is 17.5. The van der Waals surface area contributed by atoms with E-state index in [1.54, 1.807) is 4.90 Å². The van der Waals surface area contributed by atoms with Crippen molar-refractivity contribution in [2.45, 2.75) is 39.2 Å². The van der Waals surface area contributed by atoms with E-state index in [0.717, 1.165) is 31.0 Å². The van der Waals surface area contributed by atoms with Gasteiger partial charge in [0, 0.05) is 25.1 Å². The number of hydrogen-bond donors (Lipinski definition) is 0. The summed E-state index contributed by atoms with van der Waals surface area (Å²) in [5.41, 5.74) is -0.536. The molecule has 1 aromatic rings. The van der Waals surface area contributed by atoms with Crippen molar-refractivity contribution in [1.29, 1.82) is 0 Å². The maximum atomic E-state index is 13.5. The van der Waals surface area contributed by atoms with Gasteiger partial charge in [0.1, 0.15) is 11.4 Å². The predicted octanol–water partition coefficient (Wildman–Crippen LogP) is 3.99.